The Labute approximate surface area is 86.2 Å². The van der Waals surface area contributed by atoms with E-state index in [1.54, 1.807) is 19.0 Å². The first-order valence-corrected chi connectivity index (χ1v) is 5.26. The summed E-state index contributed by atoms with van der Waals surface area (Å²) in [6.07, 6.45) is 8.07. The van der Waals surface area contributed by atoms with Gasteiger partial charge in [-0.2, -0.15) is 0 Å². The van der Waals surface area contributed by atoms with Gasteiger partial charge < -0.3 is 10.2 Å². The lowest BCUT2D eigenvalue weighted by atomic mass is 9.94. The number of allylic oxidation sites excluding steroid dienone is 2. The fourth-order valence-electron chi connectivity index (χ4n) is 1.58. The second-order valence-electron chi connectivity index (χ2n) is 4.07. The zero-order chi connectivity index (χ0) is 10.4. The average Bonchev–Trinajstić information content (AvgIpc) is 2.19. The number of carbonyl (C=O) groups excluding carboxylic acids is 1. The van der Waals surface area contributed by atoms with E-state index >= 15 is 0 Å². The molecule has 0 unspecified atom stereocenters. The molecule has 0 aromatic carbocycles. The van der Waals surface area contributed by atoms with E-state index in [1.807, 2.05) is 0 Å². The number of hydrogen-bond donors (Lipinski definition) is 1. The van der Waals surface area contributed by atoms with Gasteiger partial charge in [0.05, 0.1) is 6.54 Å². The van der Waals surface area contributed by atoms with Crippen LogP contribution in [0, 0.1) is 5.92 Å². The third-order valence-electron chi connectivity index (χ3n) is 2.59. The van der Waals surface area contributed by atoms with Crippen LogP contribution in [0.25, 0.3) is 0 Å². The van der Waals surface area contributed by atoms with Gasteiger partial charge in [-0.25, -0.2) is 0 Å². The minimum absolute atomic E-state index is 0.149. The van der Waals surface area contributed by atoms with E-state index in [2.05, 4.69) is 17.5 Å². The molecule has 80 valence electrons. The standard InChI is InChI=1S/C11H20N2O/c1-13(2)11(14)9-12-8-10-6-4-3-5-7-10/h3-4,10,12H,5-9H2,1-2H3/t10-/m1/s1. The molecule has 3 heteroatoms. The van der Waals surface area contributed by atoms with Gasteiger partial charge in [0.25, 0.3) is 0 Å². The minimum atomic E-state index is 0.149. The molecule has 0 heterocycles. The molecule has 0 aromatic rings. The molecule has 1 aliphatic rings. The summed E-state index contributed by atoms with van der Waals surface area (Å²) in [4.78, 5) is 12.9. The minimum Gasteiger partial charge on any atom is -0.348 e. The van der Waals surface area contributed by atoms with Crippen molar-refractivity contribution in [3.63, 3.8) is 0 Å². The summed E-state index contributed by atoms with van der Waals surface area (Å²) in [6.45, 7) is 1.43. The van der Waals surface area contributed by atoms with Gasteiger partial charge >= 0.3 is 0 Å². The Kier molecular flexibility index (Phi) is 4.66. The third kappa shape index (κ3) is 3.92. The zero-order valence-electron chi connectivity index (χ0n) is 9.12. The van der Waals surface area contributed by atoms with Crippen LogP contribution in [0.4, 0.5) is 0 Å². The Morgan fingerprint density at radius 1 is 1.50 bits per heavy atom. The molecule has 14 heavy (non-hydrogen) atoms. The number of nitrogens with zero attached hydrogens (tertiary/aromatic N) is 1. The number of hydrogen-bond acceptors (Lipinski definition) is 2. The molecule has 1 amide bonds. The molecule has 1 N–H and O–H groups in total. The third-order valence-corrected chi connectivity index (χ3v) is 2.59. The van der Waals surface area contributed by atoms with Crippen molar-refractivity contribution in [3.8, 4) is 0 Å². The second kappa shape index (κ2) is 5.81. The summed E-state index contributed by atoms with van der Waals surface area (Å²) in [5, 5.41) is 3.21. The van der Waals surface area contributed by atoms with Gasteiger partial charge in [-0.1, -0.05) is 12.2 Å². The smallest absolute Gasteiger partial charge is 0.236 e. The molecule has 0 saturated heterocycles. The van der Waals surface area contributed by atoms with Crippen LogP contribution in [0.15, 0.2) is 12.2 Å². The fourth-order valence-corrected chi connectivity index (χ4v) is 1.58. The van der Waals surface area contributed by atoms with E-state index < -0.39 is 0 Å². The van der Waals surface area contributed by atoms with Crippen LogP contribution < -0.4 is 5.32 Å². The van der Waals surface area contributed by atoms with Gasteiger partial charge in [0.1, 0.15) is 0 Å². The first kappa shape index (κ1) is 11.2. The number of carbonyl (C=O) groups is 1. The summed E-state index contributed by atoms with van der Waals surface area (Å²) in [5.41, 5.74) is 0. The van der Waals surface area contributed by atoms with E-state index in [9.17, 15) is 4.79 Å². The summed E-state index contributed by atoms with van der Waals surface area (Å²) < 4.78 is 0. The fraction of sp³-hybridized carbons (Fsp3) is 0.727. The van der Waals surface area contributed by atoms with E-state index in [0.29, 0.717) is 6.54 Å². The normalized spacial score (nSPS) is 20.9. The number of amides is 1. The van der Waals surface area contributed by atoms with Gasteiger partial charge in [0, 0.05) is 14.1 Å². The average molecular weight is 196 g/mol. The van der Waals surface area contributed by atoms with Crippen molar-refractivity contribution in [3.05, 3.63) is 12.2 Å². The van der Waals surface area contributed by atoms with Crippen molar-refractivity contribution in [2.45, 2.75) is 19.3 Å². The zero-order valence-corrected chi connectivity index (χ0v) is 9.12. The number of likely N-dealkylation sites (N-methyl/N-ethyl adjacent to an activating group) is 1. The molecule has 0 aliphatic heterocycles. The van der Waals surface area contributed by atoms with Crippen molar-refractivity contribution in [1.82, 2.24) is 10.2 Å². The van der Waals surface area contributed by atoms with Crippen molar-refractivity contribution in [1.29, 1.82) is 0 Å². The maximum absolute atomic E-state index is 11.2. The molecule has 1 aliphatic carbocycles. The van der Waals surface area contributed by atoms with Crippen LogP contribution in [0.3, 0.4) is 0 Å². The summed E-state index contributed by atoms with van der Waals surface area (Å²) in [7, 11) is 3.57. The van der Waals surface area contributed by atoms with Crippen LogP contribution in [-0.4, -0.2) is 38.0 Å². The Balaban J connectivity index is 2.09. The lowest BCUT2D eigenvalue weighted by Crippen LogP contribution is -2.35. The second-order valence-corrected chi connectivity index (χ2v) is 4.07. The van der Waals surface area contributed by atoms with Crippen LogP contribution in [0.1, 0.15) is 19.3 Å². The quantitative estimate of drug-likeness (QED) is 0.681. The van der Waals surface area contributed by atoms with Crippen LogP contribution >= 0.6 is 0 Å². The van der Waals surface area contributed by atoms with Crippen molar-refractivity contribution < 1.29 is 4.79 Å². The highest BCUT2D eigenvalue weighted by atomic mass is 16.2. The van der Waals surface area contributed by atoms with Gasteiger partial charge in [0.15, 0.2) is 0 Å². The molecular formula is C11H20N2O. The Morgan fingerprint density at radius 2 is 2.29 bits per heavy atom. The largest absolute Gasteiger partial charge is 0.348 e. The predicted molar refractivity (Wildman–Crippen MR) is 58.0 cm³/mol. The van der Waals surface area contributed by atoms with E-state index in [-0.39, 0.29) is 5.91 Å². The highest BCUT2D eigenvalue weighted by Crippen LogP contribution is 2.16. The lowest BCUT2D eigenvalue weighted by molar-refractivity contribution is -0.127. The Hall–Kier alpha value is -0.830. The number of nitrogens with one attached hydrogen (secondary N) is 1. The molecule has 0 radical (unpaired) electrons. The summed E-state index contributed by atoms with van der Waals surface area (Å²) in [6, 6.07) is 0. The van der Waals surface area contributed by atoms with Gasteiger partial charge in [-0.3, -0.25) is 4.79 Å². The first-order valence-electron chi connectivity index (χ1n) is 5.26. The predicted octanol–water partition coefficient (Wildman–Crippen LogP) is 1.02. The van der Waals surface area contributed by atoms with Gasteiger partial charge in [0.2, 0.25) is 5.91 Å². The summed E-state index contributed by atoms with van der Waals surface area (Å²) in [5.74, 6) is 0.867. The SMILES string of the molecule is CN(C)C(=O)CNC[C@@H]1CC=CCC1. The maximum Gasteiger partial charge on any atom is 0.236 e. The summed E-state index contributed by atoms with van der Waals surface area (Å²) >= 11 is 0. The van der Waals surface area contributed by atoms with Crippen LogP contribution in [0.5, 0.6) is 0 Å². The topological polar surface area (TPSA) is 32.3 Å². The molecule has 1 atom stereocenters. The number of rotatable bonds is 4. The Morgan fingerprint density at radius 3 is 2.86 bits per heavy atom. The molecule has 0 spiro atoms. The highest BCUT2D eigenvalue weighted by Gasteiger charge is 2.10. The van der Waals surface area contributed by atoms with Crippen LogP contribution in [0.2, 0.25) is 0 Å². The maximum atomic E-state index is 11.2. The van der Waals surface area contributed by atoms with E-state index in [0.717, 1.165) is 18.9 Å². The van der Waals surface area contributed by atoms with Crippen molar-refractivity contribution in [2.24, 2.45) is 5.92 Å². The lowest BCUT2D eigenvalue weighted by Gasteiger charge is -2.18. The first-order chi connectivity index (χ1) is 6.70. The van der Waals surface area contributed by atoms with Crippen molar-refractivity contribution in [2.75, 3.05) is 27.2 Å². The molecule has 0 aromatic heterocycles. The molecular weight excluding hydrogens is 176 g/mol. The molecule has 3 nitrogen and oxygen atoms in total. The Bertz CT molecular complexity index is 211. The molecule has 1 rings (SSSR count). The van der Waals surface area contributed by atoms with Crippen molar-refractivity contribution >= 4 is 5.91 Å². The monoisotopic (exact) mass is 196 g/mol. The van der Waals surface area contributed by atoms with Crippen LogP contribution in [-0.2, 0) is 4.79 Å². The van der Waals surface area contributed by atoms with E-state index in [4.69, 9.17) is 0 Å². The van der Waals surface area contributed by atoms with Gasteiger partial charge in [-0.15, -0.1) is 0 Å². The highest BCUT2D eigenvalue weighted by molar-refractivity contribution is 5.77. The van der Waals surface area contributed by atoms with Gasteiger partial charge in [-0.05, 0) is 31.7 Å². The molecule has 0 saturated carbocycles. The molecule has 0 fully saturated rings. The molecule has 0 bridgehead atoms. The van der Waals surface area contributed by atoms with E-state index in [1.165, 1.54) is 12.8 Å².